The third kappa shape index (κ3) is 3.80. The third-order valence-electron chi connectivity index (χ3n) is 3.50. The number of piperidine rings is 1. The van der Waals surface area contributed by atoms with Gasteiger partial charge in [0.05, 0.1) is 0 Å². The molecule has 1 amide bonds. The Labute approximate surface area is 121 Å². The zero-order valence-electron chi connectivity index (χ0n) is 10.6. The summed E-state index contributed by atoms with van der Waals surface area (Å²) in [6.07, 6.45) is 3.62. The molecule has 18 heavy (non-hydrogen) atoms. The van der Waals surface area contributed by atoms with Crippen LogP contribution in [0, 0.1) is 5.92 Å². The Bertz CT molecular complexity index is 399. The number of thiophene rings is 1. The fourth-order valence-electron chi connectivity index (χ4n) is 2.28. The SMILES string of the molecule is CN1CCC(CCNC(=O)c2sccc2Br)CC1. The van der Waals surface area contributed by atoms with Gasteiger partial charge in [0.15, 0.2) is 0 Å². The van der Waals surface area contributed by atoms with E-state index in [1.165, 1.54) is 37.3 Å². The van der Waals surface area contributed by atoms with Crippen molar-refractivity contribution in [3.63, 3.8) is 0 Å². The van der Waals surface area contributed by atoms with Crippen molar-refractivity contribution in [2.24, 2.45) is 5.92 Å². The fourth-order valence-corrected chi connectivity index (χ4v) is 3.74. The van der Waals surface area contributed by atoms with Crippen LogP contribution in [0.4, 0.5) is 0 Å². The Morgan fingerprint density at radius 3 is 2.89 bits per heavy atom. The summed E-state index contributed by atoms with van der Waals surface area (Å²) in [6, 6.07) is 1.91. The first-order chi connectivity index (χ1) is 8.66. The second-order valence-corrected chi connectivity index (χ2v) is 6.66. The van der Waals surface area contributed by atoms with E-state index in [1.807, 2.05) is 11.4 Å². The van der Waals surface area contributed by atoms with Crippen molar-refractivity contribution in [1.82, 2.24) is 10.2 Å². The number of likely N-dealkylation sites (tertiary alicyclic amines) is 1. The van der Waals surface area contributed by atoms with Gasteiger partial charge in [-0.1, -0.05) is 0 Å². The Morgan fingerprint density at radius 1 is 1.56 bits per heavy atom. The van der Waals surface area contributed by atoms with E-state index in [-0.39, 0.29) is 5.91 Å². The molecule has 0 unspecified atom stereocenters. The average molecular weight is 331 g/mol. The van der Waals surface area contributed by atoms with Gasteiger partial charge in [0.25, 0.3) is 5.91 Å². The van der Waals surface area contributed by atoms with E-state index in [0.29, 0.717) is 0 Å². The summed E-state index contributed by atoms with van der Waals surface area (Å²) in [5.74, 6) is 0.818. The van der Waals surface area contributed by atoms with Crippen LogP contribution in [0.25, 0.3) is 0 Å². The van der Waals surface area contributed by atoms with E-state index in [2.05, 4.69) is 33.2 Å². The largest absolute Gasteiger partial charge is 0.351 e. The van der Waals surface area contributed by atoms with Crippen LogP contribution in [0.1, 0.15) is 28.9 Å². The van der Waals surface area contributed by atoms with Gasteiger partial charge in [-0.2, -0.15) is 0 Å². The minimum Gasteiger partial charge on any atom is -0.351 e. The molecule has 1 aromatic heterocycles. The van der Waals surface area contributed by atoms with Crippen molar-refractivity contribution in [2.75, 3.05) is 26.7 Å². The molecule has 100 valence electrons. The summed E-state index contributed by atoms with van der Waals surface area (Å²) in [4.78, 5) is 15.0. The summed E-state index contributed by atoms with van der Waals surface area (Å²) in [5, 5.41) is 4.94. The molecule has 1 saturated heterocycles. The summed E-state index contributed by atoms with van der Waals surface area (Å²) in [7, 11) is 2.17. The maximum absolute atomic E-state index is 11.9. The number of carbonyl (C=O) groups is 1. The highest BCUT2D eigenvalue weighted by Crippen LogP contribution is 2.22. The van der Waals surface area contributed by atoms with Crippen LogP contribution in [-0.4, -0.2) is 37.5 Å². The molecule has 0 saturated carbocycles. The smallest absolute Gasteiger partial charge is 0.262 e. The molecule has 0 bridgehead atoms. The zero-order valence-corrected chi connectivity index (χ0v) is 13.0. The number of nitrogens with zero attached hydrogens (tertiary/aromatic N) is 1. The number of amides is 1. The Morgan fingerprint density at radius 2 is 2.28 bits per heavy atom. The maximum Gasteiger partial charge on any atom is 0.262 e. The van der Waals surface area contributed by atoms with Crippen LogP contribution in [0.5, 0.6) is 0 Å². The van der Waals surface area contributed by atoms with Crippen molar-refractivity contribution in [3.8, 4) is 0 Å². The van der Waals surface area contributed by atoms with E-state index >= 15 is 0 Å². The molecule has 3 nitrogen and oxygen atoms in total. The Hall–Kier alpha value is -0.390. The number of rotatable bonds is 4. The lowest BCUT2D eigenvalue weighted by Gasteiger charge is -2.28. The highest BCUT2D eigenvalue weighted by molar-refractivity contribution is 9.10. The summed E-state index contributed by atoms with van der Waals surface area (Å²) >= 11 is 4.86. The number of halogens is 1. The molecule has 0 atom stereocenters. The Balaban J connectivity index is 1.69. The van der Waals surface area contributed by atoms with E-state index in [0.717, 1.165) is 28.2 Å². The molecule has 1 aromatic rings. The minimum absolute atomic E-state index is 0.0461. The van der Waals surface area contributed by atoms with Gasteiger partial charge in [-0.25, -0.2) is 0 Å². The van der Waals surface area contributed by atoms with Crippen molar-refractivity contribution >= 4 is 33.2 Å². The molecule has 0 aliphatic carbocycles. The summed E-state index contributed by atoms with van der Waals surface area (Å²) < 4.78 is 0.893. The third-order valence-corrected chi connectivity index (χ3v) is 5.34. The first kappa shape index (κ1) is 14.0. The van der Waals surface area contributed by atoms with Crippen LogP contribution in [0.2, 0.25) is 0 Å². The second kappa shape index (κ2) is 6.68. The molecule has 5 heteroatoms. The molecule has 2 heterocycles. The van der Waals surface area contributed by atoms with Gasteiger partial charge < -0.3 is 10.2 Å². The molecule has 1 aliphatic rings. The lowest BCUT2D eigenvalue weighted by Crippen LogP contribution is -2.32. The quantitative estimate of drug-likeness (QED) is 0.920. The highest BCUT2D eigenvalue weighted by Gasteiger charge is 2.17. The predicted octanol–water partition coefficient (Wildman–Crippen LogP) is 2.97. The second-order valence-electron chi connectivity index (χ2n) is 4.89. The summed E-state index contributed by atoms with van der Waals surface area (Å²) in [5.41, 5.74) is 0. The minimum atomic E-state index is 0.0461. The van der Waals surface area contributed by atoms with Gasteiger partial charge in [0.2, 0.25) is 0 Å². The van der Waals surface area contributed by atoms with Crippen LogP contribution in [0.3, 0.4) is 0 Å². The van der Waals surface area contributed by atoms with Crippen LogP contribution >= 0.6 is 27.3 Å². The topological polar surface area (TPSA) is 32.3 Å². The fraction of sp³-hybridized carbons (Fsp3) is 0.615. The molecule has 0 spiro atoms. The number of hydrogen-bond donors (Lipinski definition) is 1. The van der Waals surface area contributed by atoms with E-state index in [1.54, 1.807) is 0 Å². The van der Waals surface area contributed by atoms with Crippen LogP contribution in [-0.2, 0) is 0 Å². The van der Waals surface area contributed by atoms with Gasteiger partial charge in [-0.3, -0.25) is 4.79 Å². The van der Waals surface area contributed by atoms with Gasteiger partial charge in [-0.15, -0.1) is 11.3 Å². The van der Waals surface area contributed by atoms with Crippen molar-refractivity contribution in [2.45, 2.75) is 19.3 Å². The Kier molecular flexibility index (Phi) is 5.21. The molecule has 0 aromatic carbocycles. The standard InChI is InChI=1S/C13H19BrN2OS/c1-16-7-3-10(4-8-16)2-6-15-13(17)12-11(14)5-9-18-12/h5,9-10H,2-4,6-8H2,1H3,(H,15,17). The van der Waals surface area contributed by atoms with Crippen molar-refractivity contribution in [1.29, 1.82) is 0 Å². The molecule has 2 rings (SSSR count). The van der Waals surface area contributed by atoms with Gasteiger partial charge in [-0.05, 0) is 72.7 Å². The predicted molar refractivity (Wildman–Crippen MR) is 79.2 cm³/mol. The van der Waals surface area contributed by atoms with Gasteiger partial charge in [0.1, 0.15) is 4.88 Å². The zero-order chi connectivity index (χ0) is 13.0. The van der Waals surface area contributed by atoms with Crippen LogP contribution < -0.4 is 5.32 Å². The molecular formula is C13H19BrN2OS. The highest BCUT2D eigenvalue weighted by atomic mass is 79.9. The lowest BCUT2D eigenvalue weighted by molar-refractivity contribution is 0.0952. The molecule has 0 radical (unpaired) electrons. The molecule has 1 fully saturated rings. The average Bonchev–Trinajstić information content (AvgIpc) is 2.78. The normalized spacial score (nSPS) is 17.9. The molecular weight excluding hydrogens is 312 g/mol. The lowest BCUT2D eigenvalue weighted by atomic mass is 9.94. The first-order valence-corrected chi connectivity index (χ1v) is 8.04. The first-order valence-electron chi connectivity index (χ1n) is 6.36. The van der Waals surface area contributed by atoms with Crippen LogP contribution in [0.15, 0.2) is 15.9 Å². The number of carbonyl (C=O) groups excluding carboxylic acids is 1. The monoisotopic (exact) mass is 330 g/mol. The van der Waals surface area contributed by atoms with Gasteiger partial charge in [0, 0.05) is 11.0 Å². The van der Waals surface area contributed by atoms with Crippen molar-refractivity contribution in [3.05, 3.63) is 20.8 Å². The van der Waals surface area contributed by atoms with E-state index < -0.39 is 0 Å². The summed E-state index contributed by atoms with van der Waals surface area (Å²) in [6.45, 7) is 3.17. The molecule has 1 N–H and O–H groups in total. The number of nitrogens with one attached hydrogen (secondary N) is 1. The van der Waals surface area contributed by atoms with Gasteiger partial charge >= 0.3 is 0 Å². The molecule has 1 aliphatic heterocycles. The van der Waals surface area contributed by atoms with E-state index in [9.17, 15) is 4.79 Å². The number of hydrogen-bond acceptors (Lipinski definition) is 3. The van der Waals surface area contributed by atoms with Crippen molar-refractivity contribution < 1.29 is 4.79 Å². The maximum atomic E-state index is 11.9. The van der Waals surface area contributed by atoms with E-state index in [4.69, 9.17) is 0 Å².